The predicted octanol–water partition coefficient (Wildman–Crippen LogP) is 1.81. The van der Waals surface area contributed by atoms with E-state index in [1.165, 1.54) is 5.57 Å². The van der Waals surface area contributed by atoms with Crippen molar-refractivity contribution in [3.05, 3.63) is 28.0 Å². The highest BCUT2D eigenvalue weighted by molar-refractivity contribution is 14.1. The standard InChI is InChI=1S/C12H14IN5/c13-10-9-11(15)16-5-6-18(9)12(17-10)7-1-3-8(14)4-2-7/h1,5-6,8H,2-4,14H2,(H2,15,16). The molecule has 1 aliphatic rings. The van der Waals surface area contributed by atoms with Crippen molar-refractivity contribution >= 4 is 39.5 Å². The smallest absolute Gasteiger partial charge is 0.150 e. The average Bonchev–Trinajstić information content (AvgIpc) is 2.69. The number of hydrogen-bond acceptors (Lipinski definition) is 4. The molecule has 1 aliphatic carbocycles. The van der Waals surface area contributed by atoms with Crippen molar-refractivity contribution < 1.29 is 0 Å². The second-order valence-electron chi connectivity index (χ2n) is 4.52. The first kappa shape index (κ1) is 11.9. The molecule has 0 aliphatic heterocycles. The quantitative estimate of drug-likeness (QED) is 0.765. The first-order valence-electron chi connectivity index (χ1n) is 5.90. The third-order valence-corrected chi connectivity index (χ3v) is 4.03. The molecule has 0 radical (unpaired) electrons. The summed E-state index contributed by atoms with van der Waals surface area (Å²) in [7, 11) is 0. The zero-order chi connectivity index (χ0) is 12.7. The lowest BCUT2D eigenvalue weighted by Crippen LogP contribution is -2.21. The lowest BCUT2D eigenvalue weighted by Gasteiger charge is -2.17. The Labute approximate surface area is 118 Å². The number of nitrogens with zero attached hydrogens (tertiary/aromatic N) is 3. The predicted molar refractivity (Wildman–Crippen MR) is 79.9 cm³/mol. The summed E-state index contributed by atoms with van der Waals surface area (Å²) in [6, 6.07) is 0.283. The Morgan fingerprint density at radius 3 is 3.00 bits per heavy atom. The molecule has 0 amide bonds. The van der Waals surface area contributed by atoms with Crippen LogP contribution in [0.1, 0.15) is 25.1 Å². The van der Waals surface area contributed by atoms with Crippen molar-refractivity contribution in [2.24, 2.45) is 5.73 Å². The van der Waals surface area contributed by atoms with Gasteiger partial charge in [-0.05, 0) is 47.4 Å². The van der Waals surface area contributed by atoms with Crippen molar-refractivity contribution in [3.8, 4) is 0 Å². The monoisotopic (exact) mass is 355 g/mol. The molecule has 2 aromatic rings. The molecule has 1 atom stereocenters. The maximum absolute atomic E-state index is 5.91. The van der Waals surface area contributed by atoms with Crippen LogP contribution in [0.2, 0.25) is 0 Å². The van der Waals surface area contributed by atoms with Gasteiger partial charge >= 0.3 is 0 Å². The summed E-state index contributed by atoms with van der Waals surface area (Å²) in [5.41, 5.74) is 14.0. The molecule has 5 nitrogen and oxygen atoms in total. The number of rotatable bonds is 1. The van der Waals surface area contributed by atoms with E-state index in [1.807, 2.05) is 10.6 Å². The average molecular weight is 355 g/mol. The SMILES string of the molecule is Nc1nccn2c(C3=CCC(N)CC3)nc(I)c12. The first-order chi connectivity index (χ1) is 8.66. The minimum absolute atomic E-state index is 0.283. The summed E-state index contributed by atoms with van der Waals surface area (Å²) in [4.78, 5) is 8.73. The van der Waals surface area contributed by atoms with E-state index in [4.69, 9.17) is 11.5 Å². The molecule has 94 valence electrons. The molecule has 0 fully saturated rings. The third-order valence-electron chi connectivity index (χ3n) is 3.28. The molecule has 6 heteroatoms. The second kappa shape index (κ2) is 4.51. The minimum Gasteiger partial charge on any atom is -0.382 e. The number of hydrogen-bond donors (Lipinski definition) is 2. The van der Waals surface area contributed by atoms with Crippen LogP contribution in [-0.2, 0) is 0 Å². The molecule has 0 saturated heterocycles. The van der Waals surface area contributed by atoms with Gasteiger partial charge < -0.3 is 11.5 Å². The van der Waals surface area contributed by atoms with Gasteiger partial charge in [-0.15, -0.1) is 0 Å². The van der Waals surface area contributed by atoms with E-state index in [9.17, 15) is 0 Å². The topological polar surface area (TPSA) is 82.2 Å². The van der Waals surface area contributed by atoms with Crippen LogP contribution >= 0.6 is 22.6 Å². The number of nitrogens with two attached hydrogens (primary N) is 2. The summed E-state index contributed by atoms with van der Waals surface area (Å²) >= 11 is 2.20. The molecular formula is C12H14IN5. The van der Waals surface area contributed by atoms with Crippen LogP contribution in [0.15, 0.2) is 18.5 Å². The Balaban J connectivity index is 2.16. The van der Waals surface area contributed by atoms with Gasteiger partial charge in [0, 0.05) is 18.4 Å². The van der Waals surface area contributed by atoms with Gasteiger partial charge in [0.2, 0.25) is 0 Å². The summed E-state index contributed by atoms with van der Waals surface area (Å²) < 4.78 is 2.91. The maximum atomic E-state index is 5.91. The van der Waals surface area contributed by atoms with Crippen molar-refractivity contribution in [1.82, 2.24) is 14.4 Å². The second-order valence-corrected chi connectivity index (χ2v) is 5.54. The maximum Gasteiger partial charge on any atom is 0.150 e. The van der Waals surface area contributed by atoms with Crippen molar-refractivity contribution in [3.63, 3.8) is 0 Å². The van der Waals surface area contributed by atoms with E-state index in [0.717, 1.165) is 34.3 Å². The van der Waals surface area contributed by atoms with Crippen molar-refractivity contribution in [2.45, 2.75) is 25.3 Å². The Kier molecular flexibility index (Phi) is 2.98. The van der Waals surface area contributed by atoms with Gasteiger partial charge in [0.25, 0.3) is 0 Å². The summed E-state index contributed by atoms with van der Waals surface area (Å²) in [6.07, 6.45) is 8.71. The highest BCUT2D eigenvalue weighted by atomic mass is 127. The summed E-state index contributed by atoms with van der Waals surface area (Å²) in [5.74, 6) is 1.49. The number of imidazole rings is 1. The number of nitrogen functional groups attached to an aromatic ring is 1. The Hall–Kier alpha value is -1.15. The van der Waals surface area contributed by atoms with E-state index in [1.54, 1.807) is 6.20 Å². The Morgan fingerprint density at radius 2 is 2.28 bits per heavy atom. The number of fused-ring (bicyclic) bond motifs is 1. The van der Waals surface area contributed by atoms with Crippen LogP contribution in [0, 0.1) is 3.70 Å². The molecule has 18 heavy (non-hydrogen) atoms. The van der Waals surface area contributed by atoms with Crippen LogP contribution in [-0.4, -0.2) is 20.4 Å². The van der Waals surface area contributed by atoms with E-state index < -0.39 is 0 Å². The number of allylic oxidation sites excluding steroid dienone is 1. The van der Waals surface area contributed by atoms with Gasteiger partial charge in [-0.1, -0.05) is 6.08 Å². The van der Waals surface area contributed by atoms with Gasteiger partial charge in [0.05, 0.1) is 0 Å². The molecule has 4 N–H and O–H groups in total. The number of anilines is 1. The molecule has 0 saturated carbocycles. The van der Waals surface area contributed by atoms with E-state index in [0.29, 0.717) is 5.82 Å². The highest BCUT2D eigenvalue weighted by Crippen LogP contribution is 2.29. The van der Waals surface area contributed by atoms with E-state index in [-0.39, 0.29) is 6.04 Å². The van der Waals surface area contributed by atoms with Crippen molar-refractivity contribution in [2.75, 3.05) is 5.73 Å². The molecule has 0 bridgehead atoms. The largest absolute Gasteiger partial charge is 0.382 e. The third kappa shape index (κ3) is 1.89. The fraction of sp³-hybridized carbons (Fsp3) is 0.333. The van der Waals surface area contributed by atoms with Crippen molar-refractivity contribution in [1.29, 1.82) is 0 Å². The molecule has 3 rings (SSSR count). The normalized spacial score (nSPS) is 20.1. The first-order valence-corrected chi connectivity index (χ1v) is 6.97. The lowest BCUT2D eigenvalue weighted by atomic mass is 9.95. The molecule has 1 unspecified atom stereocenters. The fourth-order valence-corrected chi connectivity index (χ4v) is 3.07. The number of halogens is 1. The Morgan fingerprint density at radius 1 is 1.44 bits per heavy atom. The van der Waals surface area contributed by atoms with Gasteiger partial charge in [0.1, 0.15) is 15.0 Å². The molecule has 2 aromatic heterocycles. The molecule has 2 heterocycles. The zero-order valence-electron chi connectivity index (χ0n) is 9.81. The fourth-order valence-electron chi connectivity index (χ4n) is 2.30. The van der Waals surface area contributed by atoms with Gasteiger partial charge in [0.15, 0.2) is 5.82 Å². The Bertz CT molecular complexity index is 631. The lowest BCUT2D eigenvalue weighted by molar-refractivity contribution is 0.612. The number of aromatic nitrogens is 3. The molecular weight excluding hydrogens is 341 g/mol. The van der Waals surface area contributed by atoms with Crippen LogP contribution in [0.4, 0.5) is 5.82 Å². The van der Waals surface area contributed by atoms with Crippen LogP contribution in [0.3, 0.4) is 0 Å². The van der Waals surface area contributed by atoms with Gasteiger partial charge in [-0.3, -0.25) is 4.40 Å². The highest BCUT2D eigenvalue weighted by Gasteiger charge is 2.18. The molecule has 0 aromatic carbocycles. The van der Waals surface area contributed by atoms with Gasteiger partial charge in [-0.2, -0.15) is 0 Å². The van der Waals surface area contributed by atoms with Crippen LogP contribution in [0.5, 0.6) is 0 Å². The minimum atomic E-state index is 0.283. The summed E-state index contributed by atoms with van der Waals surface area (Å²) in [6.45, 7) is 0. The van der Waals surface area contributed by atoms with Crippen LogP contribution in [0.25, 0.3) is 11.1 Å². The molecule has 0 spiro atoms. The van der Waals surface area contributed by atoms with E-state index >= 15 is 0 Å². The zero-order valence-corrected chi connectivity index (χ0v) is 12.0. The van der Waals surface area contributed by atoms with Gasteiger partial charge in [-0.25, -0.2) is 9.97 Å². The van der Waals surface area contributed by atoms with E-state index in [2.05, 4.69) is 38.6 Å². The summed E-state index contributed by atoms with van der Waals surface area (Å²) in [5, 5.41) is 0. The van der Waals surface area contributed by atoms with Crippen LogP contribution < -0.4 is 11.5 Å².